The lowest BCUT2D eigenvalue weighted by molar-refractivity contribution is -0.114. The minimum atomic E-state index is -0.171. The topological polar surface area (TPSA) is 93.6 Å². The normalized spacial score (nSPS) is 10.6. The number of benzene rings is 3. The SMILES string of the molecule is COc1cccc(-c2nc(Oc3cccc(NC(C)=O)c3)c3ccccc3n2)c1O. The zero-order chi connectivity index (χ0) is 21.1. The van der Waals surface area contributed by atoms with Crippen LogP contribution in [-0.4, -0.2) is 28.1 Å². The van der Waals surface area contributed by atoms with Gasteiger partial charge in [0.05, 0.1) is 23.6 Å². The molecule has 30 heavy (non-hydrogen) atoms. The van der Waals surface area contributed by atoms with Gasteiger partial charge in [0.2, 0.25) is 11.8 Å². The van der Waals surface area contributed by atoms with E-state index in [1.165, 1.54) is 14.0 Å². The number of aromatic hydroxyl groups is 1. The molecule has 4 aromatic rings. The zero-order valence-electron chi connectivity index (χ0n) is 16.4. The Hall–Kier alpha value is -4.13. The Labute approximate surface area is 172 Å². The minimum absolute atomic E-state index is 0.0473. The van der Waals surface area contributed by atoms with Crippen molar-refractivity contribution in [2.75, 3.05) is 12.4 Å². The number of carbonyl (C=O) groups excluding carboxylic acids is 1. The van der Waals surface area contributed by atoms with Crippen LogP contribution < -0.4 is 14.8 Å². The Morgan fingerprint density at radius 2 is 1.80 bits per heavy atom. The Bertz CT molecular complexity index is 1240. The summed E-state index contributed by atoms with van der Waals surface area (Å²) < 4.78 is 11.3. The summed E-state index contributed by atoms with van der Waals surface area (Å²) in [7, 11) is 1.48. The number of hydrogen-bond acceptors (Lipinski definition) is 6. The van der Waals surface area contributed by atoms with Gasteiger partial charge in [-0.05, 0) is 36.4 Å². The number of nitrogens with zero attached hydrogens (tertiary/aromatic N) is 2. The number of carbonyl (C=O) groups is 1. The second kappa shape index (κ2) is 8.08. The second-order valence-corrected chi connectivity index (χ2v) is 6.54. The number of aromatic nitrogens is 2. The number of phenolic OH excluding ortho intramolecular Hbond substituents is 1. The summed E-state index contributed by atoms with van der Waals surface area (Å²) in [6.45, 7) is 1.44. The molecule has 0 atom stereocenters. The van der Waals surface area contributed by atoms with Crippen LogP contribution in [0, 0.1) is 0 Å². The molecule has 3 aromatic carbocycles. The maximum atomic E-state index is 11.3. The molecule has 0 spiro atoms. The number of phenols is 1. The predicted octanol–water partition coefficient (Wildman–Crippen LogP) is 4.76. The Morgan fingerprint density at radius 1 is 1.00 bits per heavy atom. The highest BCUT2D eigenvalue weighted by molar-refractivity contribution is 5.89. The number of ether oxygens (including phenoxy) is 2. The summed E-state index contributed by atoms with van der Waals surface area (Å²) in [6, 6.07) is 19.6. The highest BCUT2D eigenvalue weighted by atomic mass is 16.5. The van der Waals surface area contributed by atoms with Gasteiger partial charge in [-0.2, -0.15) is 4.98 Å². The van der Waals surface area contributed by atoms with Crippen molar-refractivity contribution in [2.24, 2.45) is 0 Å². The number of methoxy groups -OCH3 is 1. The summed E-state index contributed by atoms with van der Waals surface area (Å²) in [5.74, 6) is 1.25. The van der Waals surface area contributed by atoms with Crippen molar-refractivity contribution in [2.45, 2.75) is 6.92 Å². The van der Waals surface area contributed by atoms with E-state index in [1.807, 2.05) is 24.3 Å². The van der Waals surface area contributed by atoms with Gasteiger partial charge in [-0.25, -0.2) is 4.98 Å². The van der Waals surface area contributed by atoms with Crippen LogP contribution in [0.5, 0.6) is 23.1 Å². The first kappa shape index (κ1) is 19.2. The highest BCUT2D eigenvalue weighted by Crippen LogP contribution is 2.37. The number of hydrogen-bond donors (Lipinski definition) is 2. The molecule has 1 heterocycles. The van der Waals surface area contributed by atoms with Gasteiger partial charge in [0, 0.05) is 18.7 Å². The lowest BCUT2D eigenvalue weighted by Crippen LogP contribution is -2.05. The molecule has 0 radical (unpaired) electrons. The first-order valence-corrected chi connectivity index (χ1v) is 9.24. The van der Waals surface area contributed by atoms with Crippen molar-refractivity contribution >= 4 is 22.5 Å². The van der Waals surface area contributed by atoms with Gasteiger partial charge in [-0.1, -0.05) is 24.3 Å². The molecule has 0 fully saturated rings. The van der Waals surface area contributed by atoms with Crippen molar-refractivity contribution < 1.29 is 19.4 Å². The van der Waals surface area contributed by atoms with E-state index in [2.05, 4.69) is 15.3 Å². The predicted molar refractivity (Wildman–Crippen MR) is 114 cm³/mol. The first-order chi connectivity index (χ1) is 14.5. The standard InChI is InChI=1S/C23H19N3O4/c1-14(27)24-15-7-5-8-16(13-15)30-23-17-9-3-4-11-19(17)25-22(26-23)18-10-6-12-20(29-2)21(18)28/h3-13,28H,1-2H3,(H,24,27). The number of amides is 1. The maximum Gasteiger partial charge on any atom is 0.230 e. The van der Waals surface area contributed by atoms with E-state index in [4.69, 9.17) is 9.47 Å². The quantitative estimate of drug-likeness (QED) is 0.501. The number of anilines is 1. The minimum Gasteiger partial charge on any atom is -0.504 e. The highest BCUT2D eigenvalue weighted by Gasteiger charge is 2.16. The fraction of sp³-hybridized carbons (Fsp3) is 0.0870. The smallest absolute Gasteiger partial charge is 0.230 e. The number of nitrogens with one attached hydrogen (secondary N) is 1. The molecule has 4 rings (SSSR count). The van der Waals surface area contributed by atoms with Crippen LogP contribution in [0.25, 0.3) is 22.3 Å². The van der Waals surface area contributed by atoms with Gasteiger partial charge in [-0.15, -0.1) is 0 Å². The van der Waals surface area contributed by atoms with E-state index >= 15 is 0 Å². The fourth-order valence-electron chi connectivity index (χ4n) is 3.07. The van der Waals surface area contributed by atoms with Crippen molar-refractivity contribution in [1.29, 1.82) is 0 Å². The van der Waals surface area contributed by atoms with Crippen LogP contribution in [0.2, 0.25) is 0 Å². The molecule has 0 aliphatic rings. The zero-order valence-corrected chi connectivity index (χ0v) is 16.4. The molecule has 7 heteroatoms. The number of para-hydroxylation sites is 2. The Balaban J connectivity index is 1.81. The molecule has 1 amide bonds. The van der Waals surface area contributed by atoms with Crippen LogP contribution >= 0.6 is 0 Å². The second-order valence-electron chi connectivity index (χ2n) is 6.54. The van der Waals surface area contributed by atoms with Gasteiger partial charge < -0.3 is 19.9 Å². The summed E-state index contributed by atoms with van der Waals surface area (Å²) in [5, 5.41) is 14.0. The molecule has 2 N–H and O–H groups in total. The summed E-state index contributed by atoms with van der Waals surface area (Å²) in [4.78, 5) is 20.5. The van der Waals surface area contributed by atoms with Crippen LogP contribution in [0.3, 0.4) is 0 Å². The lowest BCUT2D eigenvalue weighted by Gasteiger charge is -2.12. The van der Waals surface area contributed by atoms with Crippen molar-refractivity contribution in [3.8, 4) is 34.5 Å². The Morgan fingerprint density at radius 3 is 2.60 bits per heavy atom. The van der Waals surface area contributed by atoms with Gasteiger partial charge in [0.15, 0.2) is 17.3 Å². The average Bonchev–Trinajstić information content (AvgIpc) is 2.73. The first-order valence-electron chi connectivity index (χ1n) is 9.24. The Kier molecular flexibility index (Phi) is 5.17. The molecule has 150 valence electrons. The molecular weight excluding hydrogens is 382 g/mol. The van der Waals surface area contributed by atoms with Gasteiger partial charge >= 0.3 is 0 Å². The van der Waals surface area contributed by atoms with Gasteiger partial charge in [-0.3, -0.25) is 4.79 Å². The van der Waals surface area contributed by atoms with E-state index in [-0.39, 0.29) is 11.7 Å². The summed E-state index contributed by atoms with van der Waals surface area (Å²) in [5.41, 5.74) is 1.71. The van der Waals surface area contributed by atoms with Crippen LogP contribution in [0.15, 0.2) is 66.7 Å². The van der Waals surface area contributed by atoms with Crippen LogP contribution in [0.1, 0.15) is 6.92 Å². The summed E-state index contributed by atoms with van der Waals surface area (Å²) in [6.07, 6.45) is 0. The number of fused-ring (bicyclic) bond motifs is 1. The molecule has 0 aliphatic carbocycles. The molecule has 0 saturated heterocycles. The molecular formula is C23H19N3O4. The monoisotopic (exact) mass is 401 g/mol. The van der Waals surface area contributed by atoms with E-state index in [1.54, 1.807) is 42.5 Å². The molecule has 0 aliphatic heterocycles. The van der Waals surface area contributed by atoms with Gasteiger partial charge in [0.1, 0.15) is 5.75 Å². The maximum absolute atomic E-state index is 11.3. The number of rotatable bonds is 5. The van der Waals surface area contributed by atoms with Gasteiger partial charge in [0.25, 0.3) is 0 Å². The molecule has 1 aromatic heterocycles. The van der Waals surface area contributed by atoms with Crippen molar-refractivity contribution in [3.05, 3.63) is 66.7 Å². The van der Waals surface area contributed by atoms with E-state index in [0.29, 0.717) is 45.4 Å². The summed E-state index contributed by atoms with van der Waals surface area (Å²) >= 11 is 0. The molecule has 0 saturated carbocycles. The van der Waals surface area contributed by atoms with E-state index < -0.39 is 0 Å². The average molecular weight is 401 g/mol. The van der Waals surface area contributed by atoms with Crippen molar-refractivity contribution in [3.63, 3.8) is 0 Å². The fourth-order valence-corrected chi connectivity index (χ4v) is 3.07. The van der Waals surface area contributed by atoms with E-state index in [9.17, 15) is 9.90 Å². The lowest BCUT2D eigenvalue weighted by atomic mass is 10.1. The third-order valence-electron chi connectivity index (χ3n) is 4.40. The third kappa shape index (κ3) is 3.86. The van der Waals surface area contributed by atoms with Crippen molar-refractivity contribution in [1.82, 2.24) is 9.97 Å². The molecule has 0 unspecified atom stereocenters. The largest absolute Gasteiger partial charge is 0.504 e. The third-order valence-corrected chi connectivity index (χ3v) is 4.40. The van der Waals surface area contributed by atoms with Crippen LogP contribution in [-0.2, 0) is 4.79 Å². The molecule has 7 nitrogen and oxygen atoms in total. The van der Waals surface area contributed by atoms with Crippen LogP contribution in [0.4, 0.5) is 5.69 Å². The van der Waals surface area contributed by atoms with E-state index in [0.717, 1.165) is 0 Å². The molecule has 0 bridgehead atoms.